The summed E-state index contributed by atoms with van der Waals surface area (Å²) in [5.41, 5.74) is 0.869. The van der Waals surface area contributed by atoms with Crippen LogP contribution < -0.4 is 10.6 Å². The third kappa shape index (κ3) is 2.57. The summed E-state index contributed by atoms with van der Waals surface area (Å²) in [6.07, 6.45) is 2.26. The molecule has 1 saturated heterocycles. The lowest BCUT2D eigenvalue weighted by atomic mass is 10.1. The maximum absolute atomic E-state index is 6.17. The second-order valence-corrected chi connectivity index (χ2v) is 6.27. The molecule has 2 heterocycles. The number of benzene rings is 1. The highest BCUT2D eigenvalue weighted by Gasteiger charge is 2.15. The standard InChI is InChI=1S/C12H13Cl2N3S/c13-7-5-9(14)11-10(6-7)17-12(18-11)16-8-1-3-15-4-2-8/h5-6,8,15H,1-4H2,(H,16,17). The Morgan fingerprint density at radius 1 is 1.28 bits per heavy atom. The van der Waals surface area contributed by atoms with Gasteiger partial charge >= 0.3 is 0 Å². The average Bonchev–Trinajstić information content (AvgIpc) is 2.73. The highest BCUT2D eigenvalue weighted by Crippen LogP contribution is 2.34. The Balaban J connectivity index is 1.86. The van der Waals surface area contributed by atoms with E-state index in [2.05, 4.69) is 15.6 Å². The predicted octanol–water partition coefficient (Wildman–Crippen LogP) is 3.77. The van der Waals surface area contributed by atoms with Crippen LogP contribution >= 0.6 is 34.5 Å². The zero-order valence-electron chi connectivity index (χ0n) is 9.67. The molecule has 18 heavy (non-hydrogen) atoms. The van der Waals surface area contributed by atoms with Gasteiger partial charge in [0.25, 0.3) is 0 Å². The Bertz CT molecular complexity index is 564. The molecule has 0 spiro atoms. The van der Waals surface area contributed by atoms with Crippen LogP contribution in [0.5, 0.6) is 0 Å². The molecule has 0 aliphatic carbocycles. The first kappa shape index (κ1) is 12.5. The van der Waals surface area contributed by atoms with E-state index in [1.165, 1.54) is 0 Å². The quantitative estimate of drug-likeness (QED) is 0.886. The van der Waals surface area contributed by atoms with E-state index in [1.807, 2.05) is 6.07 Å². The first-order chi connectivity index (χ1) is 8.72. The molecule has 0 unspecified atom stereocenters. The van der Waals surface area contributed by atoms with Gasteiger partial charge in [-0.3, -0.25) is 0 Å². The van der Waals surface area contributed by atoms with Crippen molar-refractivity contribution < 1.29 is 0 Å². The van der Waals surface area contributed by atoms with Crippen LogP contribution in [0.1, 0.15) is 12.8 Å². The molecular weight excluding hydrogens is 289 g/mol. The molecule has 2 aromatic rings. The van der Waals surface area contributed by atoms with Gasteiger partial charge in [-0.25, -0.2) is 4.98 Å². The molecule has 0 atom stereocenters. The van der Waals surface area contributed by atoms with E-state index in [9.17, 15) is 0 Å². The van der Waals surface area contributed by atoms with Crippen molar-refractivity contribution in [3.63, 3.8) is 0 Å². The van der Waals surface area contributed by atoms with Crippen molar-refractivity contribution >= 4 is 49.9 Å². The number of nitrogens with zero attached hydrogens (tertiary/aromatic N) is 1. The fourth-order valence-electron chi connectivity index (χ4n) is 2.16. The zero-order chi connectivity index (χ0) is 12.5. The van der Waals surface area contributed by atoms with Crippen LogP contribution in [0.2, 0.25) is 10.0 Å². The summed E-state index contributed by atoms with van der Waals surface area (Å²) in [4.78, 5) is 4.55. The lowest BCUT2D eigenvalue weighted by Gasteiger charge is -2.23. The third-order valence-corrected chi connectivity index (χ3v) is 4.74. The first-order valence-electron chi connectivity index (χ1n) is 5.95. The largest absolute Gasteiger partial charge is 0.359 e. The minimum Gasteiger partial charge on any atom is -0.359 e. The molecular formula is C12H13Cl2N3S. The second-order valence-electron chi connectivity index (χ2n) is 4.42. The van der Waals surface area contributed by atoms with Crippen molar-refractivity contribution in [3.8, 4) is 0 Å². The average molecular weight is 302 g/mol. The van der Waals surface area contributed by atoms with Gasteiger partial charge in [0.15, 0.2) is 5.13 Å². The van der Waals surface area contributed by atoms with Crippen LogP contribution in [0.25, 0.3) is 10.2 Å². The summed E-state index contributed by atoms with van der Waals surface area (Å²) >= 11 is 13.7. The van der Waals surface area contributed by atoms with Gasteiger partial charge in [-0.05, 0) is 38.1 Å². The predicted molar refractivity (Wildman–Crippen MR) is 79.2 cm³/mol. The fourth-order valence-corrected chi connectivity index (χ4v) is 3.69. The van der Waals surface area contributed by atoms with Gasteiger partial charge in [-0.1, -0.05) is 34.5 Å². The topological polar surface area (TPSA) is 37.0 Å². The molecule has 0 amide bonds. The summed E-state index contributed by atoms with van der Waals surface area (Å²) in [7, 11) is 0. The number of fused-ring (bicyclic) bond motifs is 1. The Morgan fingerprint density at radius 2 is 2.06 bits per heavy atom. The number of nitrogens with one attached hydrogen (secondary N) is 2. The van der Waals surface area contributed by atoms with Gasteiger partial charge in [0.05, 0.1) is 15.2 Å². The van der Waals surface area contributed by atoms with Crippen LogP contribution in [0.15, 0.2) is 12.1 Å². The van der Waals surface area contributed by atoms with Crippen LogP contribution in [-0.2, 0) is 0 Å². The Labute approximate surface area is 119 Å². The maximum Gasteiger partial charge on any atom is 0.184 e. The monoisotopic (exact) mass is 301 g/mol. The van der Waals surface area contributed by atoms with Gasteiger partial charge in [0, 0.05) is 11.1 Å². The highest BCUT2D eigenvalue weighted by molar-refractivity contribution is 7.22. The fraction of sp³-hybridized carbons (Fsp3) is 0.417. The summed E-state index contributed by atoms with van der Waals surface area (Å²) in [5.74, 6) is 0. The van der Waals surface area contributed by atoms with Gasteiger partial charge in [0.1, 0.15) is 0 Å². The number of halogens is 2. The molecule has 6 heteroatoms. The SMILES string of the molecule is Clc1cc(Cl)c2sc(NC3CCNCC3)nc2c1. The van der Waals surface area contributed by atoms with E-state index in [-0.39, 0.29) is 0 Å². The van der Waals surface area contributed by atoms with Crippen molar-refractivity contribution in [1.82, 2.24) is 10.3 Å². The molecule has 1 aromatic heterocycles. The summed E-state index contributed by atoms with van der Waals surface area (Å²) in [5, 5.41) is 9.07. The van der Waals surface area contributed by atoms with Gasteiger partial charge in [-0.2, -0.15) is 0 Å². The van der Waals surface area contributed by atoms with E-state index >= 15 is 0 Å². The van der Waals surface area contributed by atoms with E-state index < -0.39 is 0 Å². The van der Waals surface area contributed by atoms with Crippen LogP contribution in [-0.4, -0.2) is 24.1 Å². The van der Waals surface area contributed by atoms with Gasteiger partial charge in [0.2, 0.25) is 0 Å². The number of piperidine rings is 1. The number of aromatic nitrogens is 1. The number of thiazole rings is 1. The summed E-state index contributed by atoms with van der Waals surface area (Å²) < 4.78 is 0.998. The van der Waals surface area contributed by atoms with Gasteiger partial charge in [-0.15, -0.1) is 0 Å². The molecule has 0 radical (unpaired) electrons. The molecule has 3 rings (SSSR count). The van der Waals surface area contributed by atoms with Crippen molar-refractivity contribution in [1.29, 1.82) is 0 Å². The maximum atomic E-state index is 6.17. The minimum absolute atomic E-state index is 0.501. The molecule has 1 fully saturated rings. The van der Waals surface area contributed by atoms with E-state index in [4.69, 9.17) is 23.2 Å². The Hall–Kier alpha value is -0.550. The highest BCUT2D eigenvalue weighted by atomic mass is 35.5. The molecule has 0 saturated carbocycles. The second kappa shape index (κ2) is 5.21. The number of rotatable bonds is 2. The molecule has 1 aliphatic rings. The Kier molecular flexibility index (Phi) is 3.61. The van der Waals surface area contributed by atoms with E-state index in [1.54, 1.807) is 17.4 Å². The lowest BCUT2D eigenvalue weighted by Crippen LogP contribution is -2.35. The van der Waals surface area contributed by atoms with Crippen LogP contribution in [0.3, 0.4) is 0 Å². The Morgan fingerprint density at radius 3 is 2.83 bits per heavy atom. The smallest absolute Gasteiger partial charge is 0.184 e. The van der Waals surface area contributed by atoms with Crippen molar-refractivity contribution in [2.45, 2.75) is 18.9 Å². The van der Waals surface area contributed by atoms with Crippen LogP contribution in [0, 0.1) is 0 Å². The minimum atomic E-state index is 0.501. The lowest BCUT2D eigenvalue weighted by molar-refractivity contribution is 0.479. The molecule has 1 aromatic carbocycles. The van der Waals surface area contributed by atoms with E-state index in [0.29, 0.717) is 16.1 Å². The number of hydrogen-bond acceptors (Lipinski definition) is 4. The summed E-state index contributed by atoms with van der Waals surface area (Å²) in [6.45, 7) is 2.13. The third-order valence-electron chi connectivity index (χ3n) is 3.08. The van der Waals surface area contributed by atoms with E-state index in [0.717, 1.165) is 41.3 Å². The molecule has 1 aliphatic heterocycles. The van der Waals surface area contributed by atoms with Crippen LogP contribution in [0.4, 0.5) is 5.13 Å². The normalized spacial score (nSPS) is 17.2. The number of hydrogen-bond donors (Lipinski definition) is 2. The van der Waals surface area contributed by atoms with Crippen molar-refractivity contribution in [3.05, 3.63) is 22.2 Å². The molecule has 96 valence electrons. The zero-order valence-corrected chi connectivity index (χ0v) is 12.0. The van der Waals surface area contributed by atoms with Gasteiger partial charge < -0.3 is 10.6 Å². The number of anilines is 1. The van der Waals surface area contributed by atoms with Crippen molar-refractivity contribution in [2.24, 2.45) is 0 Å². The molecule has 3 nitrogen and oxygen atoms in total. The summed E-state index contributed by atoms with van der Waals surface area (Å²) in [6, 6.07) is 4.12. The first-order valence-corrected chi connectivity index (χ1v) is 7.52. The molecule has 0 bridgehead atoms. The van der Waals surface area contributed by atoms with Crippen molar-refractivity contribution in [2.75, 3.05) is 18.4 Å². The molecule has 2 N–H and O–H groups in total.